The summed E-state index contributed by atoms with van der Waals surface area (Å²) in [4.78, 5) is 2.45. The molecule has 1 saturated heterocycles. The van der Waals surface area contributed by atoms with Crippen LogP contribution in [0.25, 0.3) is 10.9 Å². The number of fused-ring (bicyclic) bond motifs is 1. The van der Waals surface area contributed by atoms with Crippen LogP contribution in [0.3, 0.4) is 0 Å². The normalized spacial score (nSPS) is 16.5. The molecule has 3 nitrogen and oxygen atoms in total. The van der Waals surface area contributed by atoms with Crippen LogP contribution >= 0.6 is 0 Å². The predicted molar refractivity (Wildman–Crippen MR) is 62.2 cm³/mol. The second-order valence-corrected chi connectivity index (χ2v) is 4.21. The molecule has 0 unspecified atom stereocenters. The second kappa shape index (κ2) is 3.26. The summed E-state index contributed by atoms with van der Waals surface area (Å²) in [5.41, 5.74) is 2.56. The minimum atomic E-state index is 1.20. The van der Waals surface area contributed by atoms with E-state index in [1.165, 1.54) is 42.5 Å². The third-order valence-corrected chi connectivity index (χ3v) is 3.20. The van der Waals surface area contributed by atoms with Crippen molar-refractivity contribution in [1.82, 2.24) is 9.78 Å². The van der Waals surface area contributed by atoms with E-state index in [-0.39, 0.29) is 0 Å². The van der Waals surface area contributed by atoms with Gasteiger partial charge in [-0.3, -0.25) is 4.68 Å². The van der Waals surface area contributed by atoms with Crippen LogP contribution in [0, 0.1) is 0 Å². The zero-order valence-corrected chi connectivity index (χ0v) is 8.98. The fourth-order valence-electron chi connectivity index (χ4n) is 2.30. The molecule has 3 rings (SSSR count). The van der Waals surface area contributed by atoms with Crippen molar-refractivity contribution in [1.29, 1.82) is 0 Å². The summed E-state index contributed by atoms with van der Waals surface area (Å²) in [7, 11) is 2.00. The summed E-state index contributed by atoms with van der Waals surface area (Å²) in [5, 5.41) is 5.48. The van der Waals surface area contributed by atoms with Crippen molar-refractivity contribution in [3.63, 3.8) is 0 Å². The van der Waals surface area contributed by atoms with E-state index < -0.39 is 0 Å². The quantitative estimate of drug-likeness (QED) is 0.705. The number of anilines is 1. The lowest BCUT2D eigenvalue weighted by Gasteiger charge is -2.17. The number of aromatic nitrogens is 2. The maximum atomic E-state index is 4.26. The Morgan fingerprint density at radius 2 is 2.00 bits per heavy atom. The molecule has 78 valence electrons. The maximum Gasteiger partial charge on any atom is 0.0699 e. The first-order valence-corrected chi connectivity index (χ1v) is 5.51. The van der Waals surface area contributed by atoms with Crippen molar-refractivity contribution in [2.75, 3.05) is 18.0 Å². The number of aryl methyl sites for hydroxylation is 1. The first-order valence-electron chi connectivity index (χ1n) is 5.51. The molecule has 0 aliphatic carbocycles. The van der Waals surface area contributed by atoms with Crippen molar-refractivity contribution in [3.05, 3.63) is 24.4 Å². The first kappa shape index (κ1) is 8.77. The molecule has 0 atom stereocenters. The highest BCUT2D eigenvalue weighted by atomic mass is 15.2. The van der Waals surface area contributed by atoms with Gasteiger partial charge < -0.3 is 4.90 Å². The molecular weight excluding hydrogens is 186 g/mol. The smallest absolute Gasteiger partial charge is 0.0699 e. The molecule has 2 aromatic rings. The molecule has 0 saturated carbocycles. The van der Waals surface area contributed by atoms with E-state index in [4.69, 9.17) is 0 Å². The van der Waals surface area contributed by atoms with Gasteiger partial charge in [-0.15, -0.1) is 0 Å². The van der Waals surface area contributed by atoms with Crippen molar-refractivity contribution in [2.45, 2.75) is 12.8 Å². The van der Waals surface area contributed by atoms with Crippen LogP contribution in [-0.2, 0) is 7.05 Å². The average Bonchev–Trinajstić information content (AvgIpc) is 2.88. The SMILES string of the molecule is Cn1ncc2ccc(N3CCCC3)cc21. The number of rotatable bonds is 1. The molecule has 1 fully saturated rings. The van der Waals surface area contributed by atoms with Crippen molar-refractivity contribution >= 4 is 16.6 Å². The molecule has 1 aromatic carbocycles. The van der Waals surface area contributed by atoms with Gasteiger partial charge in [0, 0.05) is 31.2 Å². The van der Waals surface area contributed by atoms with E-state index >= 15 is 0 Å². The Balaban J connectivity index is 2.08. The van der Waals surface area contributed by atoms with Gasteiger partial charge in [0.2, 0.25) is 0 Å². The molecule has 0 N–H and O–H groups in total. The van der Waals surface area contributed by atoms with Gasteiger partial charge in [-0.05, 0) is 31.0 Å². The number of hydrogen-bond donors (Lipinski definition) is 0. The second-order valence-electron chi connectivity index (χ2n) is 4.21. The molecule has 0 spiro atoms. The molecule has 2 heterocycles. The molecule has 1 aliphatic heterocycles. The molecule has 3 heteroatoms. The lowest BCUT2D eigenvalue weighted by Crippen LogP contribution is -2.17. The summed E-state index contributed by atoms with van der Waals surface area (Å²) in [5.74, 6) is 0. The van der Waals surface area contributed by atoms with Crippen LogP contribution in [0.4, 0.5) is 5.69 Å². The van der Waals surface area contributed by atoms with Gasteiger partial charge >= 0.3 is 0 Å². The molecule has 1 aliphatic rings. The highest BCUT2D eigenvalue weighted by molar-refractivity contribution is 5.82. The minimum Gasteiger partial charge on any atom is -0.371 e. The van der Waals surface area contributed by atoms with Gasteiger partial charge in [-0.2, -0.15) is 5.10 Å². The van der Waals surface area contributed by atoms with Crippen LogP contribution in [0.15, 0.2) is 24.4 Å². The fourth-order valence-corrected chi connectivity index (χ4v) is 2.30. The van der Waals surface area contributed by atoms with Crippen LogP contribution in [0.2, 0.25) is 0 Å². The topological polar surface area (TPSA) is 21.1 Å². The first-order chi connectivity index (χ1) is 7.34. The predicted octanol–water partition coefficient (Wildman–Crippen LogP) is 2.17. The lowest BCUT2D eigenvalue weighted by molar-refractivity contribution is 0.796. The third kappa shape index (κ3) is 1.39. The van der Waals surface area contributed by atoms with Crippen LogP contribution in [-0.4, -0.2) is 22.9 Å². The van der Waals surface area contributed by atoms with Crippen LogP contribution in [0.1, 0.15) is 12.8 Å². The molecular formula is C12H15N3. The van der Waals surface area contributed by atoms with E-state index in [1.807, 2.05) is 17.9 Å². The molecule has 0 radical (unpaired) electrons. The Labute approximate surface area is 89.3 Å². The lowest BCUT2D eigenvalue weighted by atomic mass is 10.2. The van der Waals surface area contributed by atoms with E-state index in [0.29, 0.717) is 0 Å². The zero-order valence-electron chi connectivity index (χ0n) is 8.98. The van der Waals surface area contributed by atoms with Gasteiger partial charge in [0.1, 0.15) is 0 Å². The van der Waals surface area contributed by atoms with E-state index in [2.05, 4.69) is 28.2 Å². The molecule has 0 amide bonds. The van der Waals surface area contributed by atoms with E-state index in [0.717, 1.165) is 0 Å². The summed E-state index contributed by atoms with van der Waals surface area (Å²) in [6.07, 6.45) is 4.57. The van der Waals surface area contributed by atoms with E-state index in [1.54, 1.807) is 0 Å². The van der Waals surface area contributed by atoms with Gasteiger partial charge in [0.15, 0.2) is 0 Å². The van der Waals surface area contributed by atoms with E-state index in [9.17, 15) is 0 Å². The Morgan fingerprint density at radius 1 is 1.20 bits per heavy atom. The Morgan fingerprint density at radius 3 is 2.80 bits per heavy atom. The van der Waals surface area contributed by atoms with Crippen molar-refractivity contribution in [3.8, 4) is 0 Å². The van der Waals surface area contributed by atoms with Gasteiger partial charge in [0.05, 0.1) is 11.7 Å². The monoisotopic (exact) mass is 201 g/mol. The maximum absolute atomic E-state index is 4.26. The van der Waals surface area contributed by atoms with Crippen molar-refractivity contribution in [2.24, 2.45) is 7.05 Å². The number of hydrogen-bond acceptors (Lipinski definition) is 2. The Kier molecular flexibility index (Phi) is 1.91. The summed E-state index contributed by atoms with van der Waals surface area (Å²) >= 11 is 0. The van der Waals surface area contributed by atoms with Gasteiger partial charge in [-0.1, -0.05) is 0 Å². The molecule has 15 heavy (non-hydrogen) atoms. The van der Waals surface area contributed by atoms with Gasteiger partial charge in [-0.25, -0.2) is 0 Å². The Bertz CT molecular complexity index is 481. The summed E-state index contributed by atoms with van der Waals surface area (Å²) in [6.45, 7) is 2.40. The highest BCUT2D eigenvalue weighted by Gasteiger charge is 2.12. The fraction of sp³-hybridized carbons (Fsp3) is 0.417. The standard InChI is InChI=1S/C12H15N3/c1-14-12-8-11(15-6-2-3-7-15)5-4-10(12)9-13-14/h4-5,8-9H,2-3,6-7H2,1H3. The highest BCUT2D eigenvalue weighted by Crippen LogP contribution is 2.24. The summed E-state index contributed by atoms with van der Waals surface area (Å²) < 4.78 is 1.94. The number of benzene rings is 1. The van der Waals surface area contributed by atoms with Gasteiger partial charge in [0.25, 0.3) is 0 Å². The third-order valence-electron chi connectivity index (χ3n) is 3.20. The largest absolute Gasteiger partial charge is 0.371 e. The zero-order chi connectivity index (χ0) is 10.3. The minimum absolute atomic E-state index is 1.20. The molecule has 0 bridgehead atoms. The van der Waals surface area contributed by atoms with Crippen LogP contribution < -0.4 is 4.90 Å². The van der Waals surface area contributed by atoms with Crippen LogP contribution in [0.5, 0.6) is 0 Å². The number of nitrogens with zero attached hydrogens (tertiary/aromatic N) is 3. The molecule has 1 aromatic heterocycles. The summed E-state index contributed by atoms with van der Waals surface area (Å²) in [6, 6.07) is 6.61. The van der Waals surface area contributed by atoms with Crippen molar-refractivity contribution < 1.29 is 0 Å². The average molecular weight is 201 g/mol. The Hall–Kier alpha value is -1.51.